The average molecular weight is 524 g/mol. The summed E-state index contributed by atoms with van der Waals surface area (Å²) in [7, 11) is 0. The van der Waals surface area contributed by atoms with Crippen molar-refractivity contribution >= 4 is 29.9 Å². The van der Waals surface area contributed by atoms with Crippen molar-refractivity contribution in [2.75, 3.05) is 19.6 Å². The molecule has 0 aliphatic heterocycles. The number of aliphatic hydroxyl groups excluding tert-OH is 1. The molecular weight excluding hydrogens is 497 g/mol. The Morgan fingerprint density at radius 3 is 2.59 bits per heavy atom. The molecule has 0 spiro atoms. The van der Waals surface area contributed by atoms with Gasteiger partial charge in [-0.3, -0.25) is 4.99 Å². The summed E-state index contributed by atoms with van der Waals surface area (Å²) >= 11 is 0. The van der Waals surface area contributed by atoms with Gasteiger partial charge in [-0.25, -0.2) is 0 Å². The molecule has 0 amide bonds. The van der Waals surface area contributed by atoms with E-state index in [4.69, 9.17) is 0 Å². The molecule has 1 aromatic heterocycles. The van der Waals surface area contributed by atoms with Gasteiger partial charge in [-0.15, -0.1) is 34.2 Å². The minimum Gasteiger partial charge on any atom is -0.435 e. The molecule has 162 valence electrons. The van der Waals surface area contributed by atoms with Crippen LogP contribution in [0.1, 0.15) is 31.3 Å². The van der Waals surface area contributed by atoms with E-state index >= 15 is 0 Å². The molecule has 2 rings (SSSR count). The number of aliphatic hydroxyl groups is 1. The molecule has 0 fully saturated rings. The van der Waals surface area contributed by atoms with Gasteiger partial charge in [0, 0.05) is 26.1 Å². The van der Waals surface area contributed by atoms with Crippen LogP contribution in [0.5, 0.6) is 5.75 Å². The molecule has 0 aliphatic rings. The fourth-order valence-corrected chi connectivity index (χ4v) is 2.53. The van der Waals surface area contributed by atoms with Crippen LogP contribution in [-0.4, -0.2) is 52.1 Å². The van der Waals surface area contributed by atoms with Crippen LogP contribution < -0.4 is 15.4 Å². The van der Waals surface area contributed by atoms with Crippen LogP contribution in [0.4, 0.5) is 8.78 Å². The number of hydrogen-bond donors (Lipinski definition) is 3. The third-order valence-electron chi connectivity index (χ3n) is 3.91. The largest absolute Gasteiger partial charge is 0.435 e. The lowest BCUT2D eigenvalue weighted by Gasteiger charge is -2.14. The number of nitrogens with zero attached hydrogens (tertiary/aromatic N) is 4. The molecule has 8 nitrogen and oxygen atoms in total. The first-order valence-electron chi connectivity index (χ1n) is 9.15. The second-order valence-electron chi connectivity index (χ2n) is 5.90. The Hall–Kier alpha value is -2.02. The van der Waals surface area contributed by atoms with E-state index in [1.165, 1.54) is 24.3 Å². The highest BCUT2D eigenvalue weighted by atomic mass is 127. The summed E-state index contributed by atoms with van der Waals surface area (Å²) in [5.74, 6) is 1.54. The van der Waals surface area contributed by atoms with Gasteiger partial charge < -0.3 is 25.0 Å². The van der Waals surface area contributed by atoms with Crippen molar-refractivity contribution in [1.29, 1.82) is 0 Å². The van der Waals surface area contributed by atoms with Crippen LogP contribution >= 0.6 is 24.0 Å². The molecule has 1 atom stereocenters. The fourth-order valence-electron chi connectivity index (χ4n) is 2.53. The van der Waals surface area contributed by atoms with E-state index in [0.29, 0.717) is 31.2 Å². The molecule has 11 heteroatoms. The van der Waals surface area contributed by atoms with Crippen molar-refractivity contribution in [3.8, 4) is 5.75 Å². The molecule has 2 aromatic rings. The summed E-state index contributed by atoms with van der Waals surface area (Å²) in [6.45, 7) is 3.20. The Morgan fingerprint density at radius 2 is 1.97 bits per heavy atom. The molecular formula is C18H27F2IN6O2. The number of aliphatic imine (C=N–C) groups is 1. The Balaban J connectivity index is 0.00000420. The topological polar surface area (TPSA) is 96.6 Å². The monoisotopic (exact) mass is 524 g/mol. The van der Waals surface area contributed by atoms with Crippen molar-refractivity contribution in [2.24, 2.45) is 4.99 Å². The van der Waals surface area contributed by atoms with Crippen molar-refractivity contribution in [1.82, 2.24) is 25.4 Å². The third kappa shape index (κ3) is 8.48. The van der Waals surface area contributed by atoms with Crippen LogP contribution in [0.25, 0.3) is 0 Å². The molecule has 0 saturated carbocycles. The van der Waals surface area contributed by atoms with E-state index in [1.807, 2.05) is 18.4 Å². The molecule has 0 bridgehead atoms. The molecule has 1 unspecified atom stereocenters. The lowest BCUT2D eigenvalue weighted by Crippen LogP contribution is -2.39. The second-order valence-corrected chi connectivity index (χ2v) is 5.90. The van der Waals surface area contributed by atoms with E-state index in [2.05, 4.69) is 30.6 Å². The first kappa shape index (κ1) is 25.0. The standard InChI is InChI=1S/C18H26F2N6O2.HI/c1-3-16-25-24-12-26(16)10-9-22-18(21-4-2)23-11-15(27)13-5-7-14(8-6-13)28-17(19)20;/h5-8,12,15,17,27H,3-4,9-11H2,1-2H3,(H2,21,22,23);1H. The van der Waals surface area contributed by atoms with Crippen molar-refractivity contribution < 1.29 is 18.6 Å². The number of ether oxygens (including phenoxy) is 1. The highest BCUT2D eigenvalue weighted by Gasteiger charge is 2.10. The Morgan fingerprint density at radius 1 is 1.24 bits per heavy atom. The first-order valence-corrected chi connectivity index (χ1v) is 9.15. The molecule has 29 heavy (non-hydrogen) atoms. The summed E-state index contributed by atoms with van der Waals surface area (Å²) in [5.41, 5.74) is 0.568. The number of aromatic nitrogens is 3. The Bertz CT molecular complexity index is 742. The van der Waals surface area contributed by atoms with Crippen LogP contribution in [0, 0.1) is 0 Å². The molecule has 1 heterocycles. The van der Waals surface area contributed by atoms with Gasteiger partial charge in [0.05, 0.1) is 12.6 Å². The lowest BCUT2D eigenvalue weighted by atomic mass is 10.1. The minimum atomic E-state index is -2.87. The predicted octanol–water partition coefficient (Wildman–Crippen LogP) is 2.35. The molecule has 1 aromatic carbocycles. The normalized spacial score (nSPS) is 12.4. The smallest absolute Gasteiger partial charge is 0.387 e. The first-order chi connectivity index (χ1) is 13.5. The maximum Gasteiger partial charge on any atom is 0.387 e. The van der Waals surface area contributed by atoms with Gasteiger partial charge in [-0.1, -0.05) is 19.1 Å². The van der Waals surface area contributed by atoms with Gasteiger partial charge in [-0.2, -0.15) is 8.78 Å². The summed E-state index contributed by atoms with van der Waals surface area (Å²) in [5, 5.41) is 24.5. The summed E-state index contributed by atoms with van der Waals surface area (Å²) < 4.78 is 30.6. The van der Waals surface area contributed by atoms with E-state index in [1.54, 1.807) is 6.33 Å². The third-order valence-corrected chi connectivity index (χ3v) is 3.91. The van der Waals surface area contributed by atoms with Crippen molar-refractivity contribution in [2.45, 2.75) is 39.5 Å². The quantitative estimate of drug-likeness (QED) is 0.251. The minimum absolute atomic E-state index is 0. The highest BCUT2D eigenvalue weighted by Crippen LogP contribution is 2.19. The Labute approximate surface area is 185 Å². The molecule has 0 saturated heterocycles. The fraction of sp³-hybridized carbons (Fsp3) is 0.500. The number of alkyl halides is 2. The van der Waals surface area contributed by atoms with Gasteiger partial charge in [0.2, 0.25) is 0 Å². The zero-order valence-electron chi connectivity index (χ0n) is 16.4. The number of nitrogens with one attached hydrogen (secondary N) is 2. The summed E-state index contributed by atoms with van der Waals surface area (Å²) in [6.07, 6.45) is 1.64. The lowest BCUT2D eigenvalue weighted by molar-refractivity contribution is -0.0498. The Kier molecular flexibility index (Phi) is 11.4. The second kappa shape index (κ2) is 13.2. The predicted molar refractivity (Wildman–Crippen MR) is 117 cm³/mol. The van der Waals surface area contributed by atoms with Gasteiger partial charge in [0.1, 0.15) is 17.9 Å². The maximum atomic E-state index is 12.2. The summed E-state index contributed by atoms with van der Waals surface area (Å²) in [4.78, 5) is 4.37. The van der Waals surface area contributed by atoms with Crippen LogP contribution in [0.3, 0.4) is 0 Å². The van der Waals surface area contributed by atoms with E-state index in [-0.39, 0.29) is 36.3 Å². The zero-order valence-corrected chi connectivity index (χ0v) is 18.7. The van der Waals surface area contributed by atoms with E-state index < -0.39 is 12.7 Å². The number of guanidine groups is 1. The van der Waals surface area contributed by atoms with Gasteiger partial charge in [0.15, 0.2) is 5.96 Å². The number of hydrogen-bond acceptors (Lipinski definition) is 5. The number of rotatable bonds is 10. The number of benzene rings is 1. The van der Waals surface area contributed by atoms with E-state index in [9.17, 15) is 13.9 Å². The highest BCUT2D eigenvalue weighted by molar-refractivity contribution is 14.0. The molecule has 0 radical (unpaired) electrons. The van der Waals surface area contributed by atoms with Crippen molar-refractivity contribution in [3.05, 3.63) is 42.0 Å². The summed E-state index contributed by atoms with van der Waals surface area (Å²) in [6, 6.07) is 5.86. The van der Waals surface area contributed by atoms with Gasteiger partial charge >= 0.3 is 6.61 Å². The van der Waals surface area contributed by atoms with Crippen LogP contribution in [-0.2, 0) is 13.0 Å². The van der Waals surface area contributed by atoms with E-state index in [0.717, 1.165) is 12.2 Å². The molecule has 0 aliphatic carbocycles. The SMILES string of the molecule is CCNC(=NCC(O)c1ccc(OC(F)F)cc1)NCCn1cnnc1CC.I. The number of aryl methyl sites for hydroxylation is 1. The van der Waals surface area contributed by atoms with Gasteiger partial charge in [0.25, 0.3) is 0 Å². The maximum absolute atomic E-state index is 12.2. The average Bonchev–Trinajstić information content (AvgIpc) is 3.13. The molecule has 3 N–H and O–H groups in total. The zero-order chi connectivity index (χ0) is 20.4. The van der Waals surface area contributed by atoms with Crippen LogP contribution in [0.15, 0.2) is 35.6 Å². The van der Waals surface area contributed by atoms with Crippen molar-refractivity contribution in [3.63, 3.8) is 0 Å². The van der Waals surface area contributed by atoms with Gasteiger partial charge in [-0.05, 0) is 24.6 Å². The number of halogens is 3. The van der Waals surface area contributed by atoms with Crippen LogP contribution in [0.2, 0.25) is 0 Å².